The maximum atomic E-state index is 12.0. The maximum Gasteiger partial charge on any atom is 0.519 e. The lowest BCUT2D eigenvalue weighted by molar-refractivity contribution is 0.0522. The van der Waals surface area contributed by atoms with Crippen LogP contribution < -0.4 is 9.47 Å². The minimum atomic E-state index is -0.905. The average molecular weight is 342 g/mol. The minimum absolute atomic E-state index is 0.102. The molecule has 0 aliphatic carbocycles. The highest BCUT2D eigenvalue weighted by Crippen LogP contribution is 2.21. The van der Waals surface area contributed by atoms with Crippen molar-refractivity contribution in [1.29, 1.82) is 0 Å². The molecule has 0 aliphatic rings. The Balaban J connectivity index is 1.99. The zero-order valence-corrected chi connectivity index (χ0v) is 14.5. The average Bonchev–Trinajstić information content (AvgIpc) is 2.61. The molecule has 0 radical (unpaired) electrons. The zero-order chi connectivity index (χ0) is 18.1. The summed E-state index contributed by atoms with van der Waals surface area (Å²) in [7, 11) is 0. The number of aryl methyl sites for hydroxylation is 1. The summed E-state index contributed by atoms with van der Waals surface area (Å²) >= 11 is 0. The Labute approximate surface area is 147 Å². The summed E-state index contributed by atoms with van der Waals surface area (Å²) in [4.78, 5) is 23.8. The van der Waals surface area contributed by atoms with Crippen LogP contribution in [0.15, 0.2) is 48.5 Å². The van der Waals surface area contributed by atoms with Gasteiger partial charge in [-0.3, -0.25) is 0 Å². The highest BCUT2D eigenvalue weighted by Gasteiger charge is 2.17. The van der Waals surface area contributed by atoms with Gasteiger partial charge in [-0.05, 0) is 49.6 Å². The molecule has 0 saturated carbocycles. The van der Waals surface area contributed by atoms with Crippen LogP contribution in [0.2, 0.25) is 0 Å². The topological polar surface area (TPSA) is 61.8 Å². The van der Waals surface area contributed by atoms with Gasteiger partial charge in [-0.2, -0.15) is 0 Å². The van der Waals surface area contributed by atoms with Crippen molar-refractivity contribution in [3.05, 3.63) is 59.7 Å². The number of carbonyl (C=O) groups is 2. The number of hydrogen-bond acceptors (Lipinski definition) is 5. The molecule has 0 saturated heterocycles. The Morgan fingerprint density at radius 2 is 1.64 bits per heavy atom. The first-order chi connectivity index (χ1) is 12.1. The third-order valence-corrected chi connectivity index (χ3v) is 3.52. The van der Waals surface area contributed by atoms with Crippen LogP contribution in [0.1, 0.15) is 42.6 Å². The Morgan fingerprint density at radius 3 is 2.32 bits per heavy atom. The molecule has 0 fully saturated rings. The van der Waals surface area contributed by atoms with Crippen LogP contribution in [0.3, 0.4) is 0 Å². The summed E-state index contributed by atoms with van der Waals surface area (Å²) in [6.45, 7) is 4.09. The number of esters is 1. The monoisotopic (exact) mass is 342 g/mol. The van der Waals surface area contributed by atoms with Gasteiger partial charge in [-0.15, -0.1) is 0 Å². The molecule has 0 atom stereocenters. The second kappa shape index (κ2) is 9.47. The molecule has 0 bridgehead atoms. The van der Waals surface area contributed by atoms with E-state index in [1.165, 1.54) is 17.7 Å². The molecule has 0 aliphatic heterocycles. The molecule has 132 valence electrons. The van der Waals surface area contributed by atoms with E-state index in [1.807, 2.05) is 12.1 Å². The molecule has 0 spiro atoms. The molecule has 2 rings (SSSR count). The number of rotatable bonds is 7. The summed E-state index contributed by atoms with van der Waals surface area (Å²) in [5.74, 6) is -0.0597. The van der Waals surface area contributed by atoms with Gasteiger partial charge in [-0.1, -0.05) is 37.6 Å². The Hall–Kier alpha value is -2.82. The summed E-state index contributed by atoms with van der Waals surface area (Å²) < 4.78 is 15.3. The zero-order valence-electron chi connectivity index (χ0n) is 14.5. The fourth-order valence-corrected chi connectivity index (χ4v) is 2.25. The molecular weight excluding hydrogens is 320 g/mol. The summed E-state index contributed by atoms with van der Waals surface area (Å²) in [5.41, 5.74) is 1.37. The summed E-state index contributed by atoms with van der Waals surface area (Å²) in [5, 5.41) is 0. The summed E-state index contributed by atoms with van der Waals surface area (Å²) in [6.07, 6.45) is 2.34. The first-order valence-corrected chi connectivity index (χ1v) is 8.38. The fraction of sp³-hybridized carbons (Fsp3) is 0.300. The number of ether oxygens (including phenoxy) is 3. The Bertz CT molecular complexity index is 706. The molecule has 25 heavy (non-hydrogen) atoms. The van der Waals surface area contributed by atoms with Crippen molar-refractivity contribution in [2.75, 3.05) is 6.61 Å². The molecule has 2 aromatic rings. The maximum absolute atomic E-state index is 12.0. The van der Waals surface area contributed by atoms with E-state index >= 15 is 0 Å². The van der Waals surface area contributed by atoms with Crippen molar-refractivity contribution in [1.82, 2.24) is 0 Å². The highest BCUT2D eigenvalue weighted by atomic mass is 16.7. The van der Waals surface area contributed by atoms with Crippen LogP contribution in [-0.4, -0.2) is 18.7 Å². The first kappa shape index (κ1) is 18.5. The van der Waals surface area contributed by atoms with Gasteiger partial charge in [0, 0.05) is 0 Å². The predicted molar refractivity (Wildman–Crippen MR) is 94.1 cm³/mol. The van der Waals surface area contributed by atoms with Crippen LogP contribution in [0.25, 0.3) is 0 Å². The van der Waals surface area contributed by atoms with Crippen LogP contribution in [0, 0.1) is 0 Å². The predicted octanol–water partition coefficient (Wildman–Crippen LogP) is 4.78. The molecule has 0 N–H and O–H groups in total. The third kappa shape index (κ3) is 5.64. The molecule has 0 aromatic heterocycles. The van der Waals surface area contributed by atoms with Crippen molar-refractivity contribution >= 4 is 12.1 Å². The minimum Gasteiger partial charge on any atom is -0.462 e. The lowest BCUT2D eigenvalue weighted by Crippen LogP contribution is -2.16. The van der Waals surface area contributed by atoms with E-state index in [-0.39, 0.29) is 17.9 Å². The van der Waals surface area contributed by atoms with Crippen molar-refractivity contribution in [3.8, 4) is 11.5 Å². The smallest absolute Gasteiger partial charge is 0.462 e. The number of hydrogen-bond donors (Lipinski definition) is 0. The van der Waals surface area contributed by atoms with Crippen LogP contribution in [0.5, 0.6) is 11.5 Å². The Kier molecular flexibility index (Phi) is 7.01. The fourth-order valence-electron chi connectivity index (χ4n) is 2.25. The van der Waals surface area contributed by atoms with Crippen LogP contribution in [0.4, 0.5) is 4.79 Å². The van der Waals surface area contributed by atoms with Gasteiger partial charge in [0.05, 0.1) is 6.61 Å². The van der Waals surface area contributed by atoms with E-state index in [2.05, 4.69) is 6.92 Å². The molecule has 2 aromatic carbocycles. The van der Waals surface area contributed by atoms with Crippen LogP contribution in [-0.2, 0) is 11.2 Å². The van der Waals surface area contributed by atoms with Crippen molar-refractivity contribution in [2.24, 2.45) is 0 Å². The number of unbranched alkanes of at least 4 members (excludes halogenated alkanes) is 1. The standard InChI is InChI=1S/C20H22O5/c1-3-5-8-15-11-13-16(14-12-15)24-20(22)25-18-10-7-6-9-17(18)19(21)23-4-2/h6-7,9-14H,3-5,8H2,1-2H3. The molecule has 0 unspecified atom stereocenters. The van der Waals surface area contributed by atoms with Crippen molar-refractivity contribution in [2.45, 2.75) is 33.1 Å². The molecule has 5 heteroatoms. The van der Waals surface area contributed by atoms with Gasteiger partial charge in [0.25, 0.3) is 0 Å². The first-order valence-electron chi connectivity index (χ1n) is 8.38. The van der Waals surface area contributed by atoms with E-state index in [0.717, 1.165) is 19.3 Å². The highest BCUT2D eigenvalue weighted by molar-refractivity contribution is 5.93. The number of carbonyl (C=O) groups excluding carboxylic acids is 2. The molecular formula is C20H22O5. The number of para-hydroxylation sites is 1. The van der Waals surface area contributed by atoms with E-state index < -0.39 is 12.1 Å². The van der Waals surface area contributed by atoms with Gasteiger partial charge in [-0.25, -0.2) is 9.59 Å². The van der Waals surface area contributed by atoms with E-state index in [9.17, 15) is 9.59 Å². The van der Waals surface area contributed by atoms with Crippen molar-refractivity contribution < 1.29 is 23.8 Å². The SMILES string of the molecule is CCCCc1ccc(OC(=O)Oc2ccccc2C(=O)OCC)cc1. The largest absolute Gasteiger partial charge is 0.519 e. The summed E-state index contributed by atoms with van der Waals surface area (Å²) in [6, 6.07) is 13.7. The number of benzene rings is 2. The van der Waals surface area contributed by atoms with Gasteiger partial charge in [0.15, 0.2) is 0 Å². The lowest BCUT2D eigenvalue weighted by Gasteiger charge is -2.09. The second-order valence-corrected chi connectivity index (χ2v) is 5.42. The van der Waals surface area contributed by atoms with Crippen molar-refractivity contribution in [3.63, 3.8) is 0 Å². The van der Waals surface area contributed by atoms with E-state index in [4.69, 9.17) is 14.2 Å². The van der Waals surface area contributed by atoms with Gasteiger partial charge >= 0.3 is 12.1 Å². The van der Waals surface area contributed by atoms with Gasteiger partial charge in [0.2, 0.25) is 0 Å². The second-order valence-electron chi connectivity index (χ2n) is 5.42. The Morgan fingerprint density at radius 1 is 0.920 bits per heavy atom. The van der Waals surface area contributed by atoms with Gasteiger partial charge < -0.3 is 14.2 Å². The van der Waals surface area contributed by atoms with E-state index in [0.29, 0.717) is 5.75 Å². The quantitative estimate of drug-likeness (QED) is 0.535. The third-order valence-electron chi connectivity index (χ3n) is 3.52. The molecule has 0 amide bonds. The normalized spacial score (nSPS) is 10.2. The lowest BCUT2D eigenvalue weighted by atomic mass is 10.1. The van der Waals surface area contributed by atoms with E-state index in [1.54, 1.807) is 31.2 Å². The van der Waals surface area contributed by atoms with Gasteiger partial charge in [0.1, 0.15) is 17.1 Å². The molecule has 0 heterocycles. The van der Waals surface area contributed by atoms with Crippen LogP contribution >= 0.6 is 0 Å². The molecule has 5 nitrogen and oxygen atoms in total.